The maximum Gasteiger partial charge on any atom is 0.0713 e. The van der Waals surface area contributed by atoms with Crippen LogP contribution in [0.15, 0.2) is 24.3 Å². The lowest BCUT2D eigenvalue weighted by atomic mass is 10.1. The van der Waals surface area contributed by atoms with Crippen LogP contribution in [0.25, 0.3) is 0 Å². The van der Waals surface area contributed by atoms with Gasteiger partial charge >= 0.3 is 0 Å². The van der Waals surface area contributed by atoms with Crippen molar-refractivity contribution in [3.05, 3.63) is 29.8 Å². The minimum absolute atomic E-state index is 0.636. The third-order valence-electron chi connectivity index (χ3n) is 2.77. The van der Waals surface area contributed by atoms with Crippen molar-refractivity contribution in [1.29, 1.82) is 0 Å². The number of anilines is 1. The molecule has 0 amide bonds. The van der Waals surface area contributed by atoms with Crippen LogP contribution >= 0.6 is 11.8 Å². The first-order valence-corrected chi connectivity index (χ1v) is 6.96. The van der Waals surface area contributed by atoms with Crippen LogP contribution in [0.1, 0.15) is 18.4 Å². The molecule has 2 nitrogen and oxygen atoms in total. The minimum atomic E-state index is 0.636. The Bertz CT molecular complexity index is 323. The molecule has 88 valence electrons. The Balaban J connectivity index is 1.94. The fourth-order valence-electron chi connectivity index (χ4n) is 2.01. The van der Waals surface area contributed by atoms with Crippen molar-refractivity contribution in [2.75, 3.05) is 23.9 Å². The van der Waals surface area contributed by atoms with Crippen LogP contribution in [-0.2, 0) is 11.3 Å². The summed E-state index contributed by atoms with van der Waals surface area (Å²) in [4.78, 5) is 0. The molecule has 1 aromatic carbocycles. The third-order valence-corrected chi connectivity index (χ3v) is 3.98. The zero-order valence-corrected chi connectivity index (χ0v) is 10.6. The Labute approximate surface area is 102 Å². The van der Waals surface area contributed by atoms with Gasteiger partial charge in [0, 0.05) is 24.6 Å². The smallest absolute Gasteiger partial charge is 0.0713 e. The zero-order valence-electron chi connectivity index (χ0n) is 9.74. The first-order valence-electron chi connectivity index (χ1n) is 5.80. The van der Waals surface area contributed by atoms with Gasteiger partial charge < -0.3 is 10.1 Å². The number of methoxy groups -OCH3 is 1. The Morgan fingerprint density at radius 1 is 1.50 bits per heavy atom. The van der Waals surface area contributed by atoms with E-state index in [1.54, 1.807) is 7.11 Å². The van der Waals surface area contributed by atoms with Gasteiger partial charge in [-0.05, 0) is 36.3 Å². The molecule has 1 heterocycles. The number of hydrogen-bond donors (Lipinski definition) is 1. The predicted molar refractivity (Wildman–Crippen MR) is 71.1 cm³/mol. The Morgan fingerprint density at radius 2 is 2.44 bits per heavy atom. The number of hydrogen-bond acceptors (Lipinski definition) is 3. The van der Waals surface area contributed by atoms with E-state index >= 15 is 0 Å². The highest BCUT2D eigenvalue weighted by Crippen LogP contribution is 2.21. The molecular formula is C13H19NOS. The van der Waals surface area contributed by atoms with Crippen molar-refractivity contribution in [2.24, 2.45) is 0 Å². The number of thioether (sulfide) groups is 1. The molecule has 0 saturated carbocycles. The molecule has 1 N–H and O–H groups in total. The van der Waals surface area contributed by atoms with Gasteiger partial charge in [0.25, 0.3) is 0 Å². The van der Waals surface area contributed by atoms with Gasteiger partial charge in [-0.15, -0.1) is 0 Å². The molecule has 16 heavy (non-hydrogen) atoms. The molecule has 1 saturated heterocycles. The van der Waals surface area contributed by atoms with E-state index in [0.29, 0.717) is 12.6 Å². The van der Waals surface area contributed by atoms with Gasteiger partial charge in [0.1, 0.15) is 0 Å². The summed E-state index contributed by atoms with van der Waals surface area (Å²) in [6, 6.07) is 9.15. The normalized spacial score (nSPS) is 20.7. The second-order valence-electron chi connectivity index (χ2n) is 4.19. The van der Waals surface area contributed by atoms with Gasteiger partial charge in [0.15, 0.2) is 0 Å². The lowest BCUT2D eigenvalue weighted by Crippen LogP contribution is -2.25. The van der Waals surface area contributed by atoms with Gasteiger partial charge in [-0.3, -0.25) is 0 Å². The maximum atomic E-state index is 5.14. The Morgan fingerprint density at radius 3 is 3.19 bits per heavy atom. The van der Waals surface area contributed by atoms with Crippen molar-refractivity contribution in [2.45, 2.75) is 25.5 Å². The molecule has 1 aliphatic rings. The van der Waals surface area contributed by atoms with Crippen molar-refractivity contribution in [3.8, 4) is 0 Å². The van der Waals surface area contributed by atoms with Crippen molar-refractivity contribution >= 4 is 17.4 Å². The molecule has 1 aromatic rings. The van der Waals surface area contributed by atoms with Gasteiger partial charge in [-0.2, -0.15) is 11.8 Å². The largest absolute Gasteiger partial charge is 0.381 e. The maximum absolute atomic E-state index is 5.14. The van der Waals surface area contributed by atoms with Crippen molar-refractivity contribution in [1.82, 2.24) is 0 Å². The van der Waals surface area contributed by atoms with E-state index in [1.165, 1.54) is 35.6 Å². The summed E-state index contributed by atoms with van der Waals surface area (Å²) in [6.45, 7) is 0.689. The third kappa shape index (κ3) is 3.42. The molecule has 1 atom stereocenters. The first-order chi connectivity index (χ1) is 7.88. The second kappa shape index (κ2) is 6.16. The van der Waals surface area contributed by atoms with Gasteiger partial charge in [-0.25, -0.2) is 0 Å². The average molecular weight is 237 g/mol. The topological polar surface area (TPSA) is 21.3 Å². The standard InChI is InChI=1S/C13H19NOS/c1-15-9-11-4-2-5-12(8-11)14-13-6-3-7-16-10-13/h2,4-5,8,13-14H,3,6-7,9-10H2,1H3. The summed E-state index contributed by atoms with van der Waals surface area (Å²) in [6.07, 6.45) is 2.63. The average Bonchev–Trinajstić information content (AvgIpc) is 2.31. The number of nitrogens with one attached hydrogen (secondary N) is 1. The summed E-state index contributed by atoms with van der Waals surface area (Å²) in [5, 5.41) is 3.60. The molecule has 1 aliphatic heterocycles. The first kappa shape index (κ1) is 11.8. The van der Waals surface area contributed by atoms with E-state index in [0.717, 1.165) is 0 Å². The monoisotopic (exact) mass is 237 g/mol. The summed E-state index contributed by atoms with van der Waals surface area (Å²) in [5.41, 5.74) is 2.46. The van der Waals surface area contributed by atoms with Crippen LogP contribution in [0, 0.1) is 0 Å². The van der Waals surface area contributed by atoms with Gasteiger partial charge in [-0.1, -0.05) is 12.1 Å². The van der Waals surface area contributed by atoms with Crippen molar-refractivity contribution in [3.63, 3.8) is 0 Å². The second-order valence-corrected chi connectivity index (χ2v) is 5.34. The van der Waals surface area contributed by atoms with Gasteiger partial charge in [0.2, 0.25) is 0 Å². The minimum Gasteiger partial charge on any atom is -0.381 e. The fourth-order valence-corrected chi connectivity index (χ4v) is 3.08. The van der Waals surface area contributed by atoms with E-state index in [9.17, 15) is 0 Å². The summed E-state index contributed by atoms with van der Waals surface area (Å²) in [7, 11) is 1.73. The highest BCUT2D eigenvalue weighted by molar-refractivity contribution is 7.99. The van der Waals surface area contributed by atoms with Gasteiger partial charge in [0.05, 0.1) is 6.61 Å². The van der Waals surface area contributed by atoms with E-state index in [4.69, 9.17) is 4.74 Å². The molecule has 2 rings (SSSR count). The Hall–Kier alpha value is -0.670. The van der Waals surface area contributed by atoms with E-state index in [2.05, 4.69) is 29.6 Å². The zero-order chi connectivity index (χ0) is 11.2. The number of ether oxygens (including phenoxy) is 1. The predicted octanol–water partition coefficient (Wildman–Crippen LogP) is 3.14. The molecule has 0 aliphatic carbocycles. The van der Waals surface area contributed by atoms with Crippen LogP contribution < -0.4 is 5.32 Å². The SMILES string of the molecule is COCc1cccc(NC2CCCSC2)c1. The summed E-state index contributed by atoms with van der Waals surface area (Å²) >= 11 is 2.05. The highest BCUT2D eigenvalue weighted by Gasteiger charge is 2.13. The lowest BCUT2D eigenvalue weighted by Gasteiger charge is -2.23. The van der Waals surface area contributed by atoms with Crippen LogP contribution in [0.3, 0.4) is 0 Å². The van der Waals surface area contributed by atoms with Crippen LogP contribution in [0.2, 0.25) is 0 Å². The molecule has 0 spiro atoms. The van der Waals surface area contributed by atoms with E-state index in [-0.39, 0.29) is 0 Å². The molecular weight excluding hydrogens is 218 g/mol. The molecule has 3 heteroatoms. The summed E-state index contributed by atoms with van der Waals surface area (Å²) in [5.74, 6) is 2.55. The van der Waals surface area contributed by atoms with Crippen LogP contribution in [0.5, 0.6) is 0 Å². The quantitative estimate of drug-likeness (QED) is 0.869. The number of benzene rings is 1. The Kier molecular flexibility index (Phi) is 4.55. The van der Waals surface area contributed by atoms with E-state index in [1.807, 2.05) is 11.8 Å². The van der Waals surface area contributed by atoms with Crippen LogP contribution in [-0.4, -0.2) is 24.7 Å². The molecule has 0 bridgehead atoms. The fraction of sp³-hybridized carbons (Fsp3) is 0.538. The van der Waals surface area contributed by atoms with Crippen molar-refractivity contribution < 1.29 is 4.74 Å². The van der Waals surface area contributed by atoms with E-state index < -0.39 is 0 Å². The molecule has 1 unspecified atom stereocenters. The molecule has 0 radical (unpaired) electrons. The number of rotatable bonds is 4. The molecule has 1 fully saturated rings. The van der Waals surface area contributed by atoms with Crippen LogP contribution in [0.4, 0.5) is 5.69 Å². The highest BCUT2D eigenvalue weighted by atomic mass is 32.2. The summed E-state index contributed by atoms with van der Waals surface area (Å²) < 4.78 is 5.14. The molecule has 0 aromatic heterocycles. The lowest BCUT2D eigenvalue weighted by molar-refractivity contribution is 0.185.